The van der Waals surface area contributed by atoms with Crippen molar-refractivity contribution < 1.29 is 43.6 Å². The van der Waals surface area contributed by atoms with Gasteiger partial charge < -0.3 is 29.5 Å². The van der Waals surface area contributed by atoms with E-state index in [1.54, 1.807) is 0 Å². The van der Waals surface area contributed by atoms with Crippen LogP contribution in [-0.2, 0) is 25.0 Å². The van der Waals surface area contributed by atoms with E-state index in [1.807, 2.05) is 0 Å². The Balaban J connectivity index is 2.58. The van der Waals surface area contributed by atoms with E-state index in [2.05, 4.69) is 20.1 Å². The number of carbonyl (C=O) groups is 2. The number of carboxylic acid groups (broad SMARTS) is 1. The van der Waals surface area contributed by atoms with Gasteiger partial charge in [0, 0.05) is 13.1 Å². The molecule has 1 aromatic carbocycles. The van der Waals surface area contributed by atoms with Gasteiger partial charge in [-0.3, -0.25) is 14.8 Å². The minimum absolute atomic E-state index is 0.136. The SMILES string of the molecule is C[C@@](Cc1ccc(O)c(O)c1)(NNC(=O)OCCOP(C)(=O)O)C(=O)O. The third-order valence-electron chi connectivity index (χ3n) is 3.16. The van der Waals surface area contributed by atoms with E-state index in [4.69, 9.17) is 4.89 Å². The molecule has 26 heavy (non-hydrogen) atoms. The maximum atomic E-state index is 11.5. The molecule has 0 heterocycles. The predicted octanol–water partition coefficient (Wildman–Crippen LogP) is 0.546. The van der Waals surface area contributed by atoms with Gasteiger partial charge in [0.25, 0.3) is 0 Å². The summed E-state index contributed by atoms with van der Waals surface area (Å²) < 4.78 is 20.0. The molecule has 1 rings (SSSR count). The molecule has 0 saturated heterocycles. The number of benzene rings is 1. The monoisotopic (exact) mass is 392 g/mol. The minimum atomic E-state index is -3.67. The van der Waals surface area contributed by atoms with Crippen molar-refractivity contribution in [2.24, 2.45) is 0 Å². The highest BCUT2D eigenvalue weighted by Crippen LogP contribution is 2.35. The highest BCUT2D eigenvalue weighted by molar-refractivity contribution is 7.51. The van der Waals surface area contributed by atoms with E-state index < -0.39 is 30.9 Å². The number of hydrogen-bond acceptors (Lipinski definition) is 8. The number of hydrogen-bond donors (Lipinski definition) is 6. The van der Waals surface area contributed by atoms with Crippen LogP contribution in [-0.4, -0.2) is 57.7 Å². The van der Waals surface area contributed by atoms with Crippen molar-refractivity contribution in [2.75, 3.05) is 19.9 Å². The number of aliphatic carboxylic acids is 1. The molecule has 0 aliphatic carbocycles. The Morgan fingerprint density at radius 2 is 1.88 bits per heavy atom. The van der Waals surface area contributed by atoms with Gasteiger partial charge in [-0.15, -0.1) is 0 Å². The Morgan fingerprint density at radius 1 is 1.23 bits per heavy atom. The lowest BCUT2D eigenvalue weighted by molar-refractivity contribution is -0.144. The molecule has 146 valence electrons. The second-order valence-corrected chi connectivity index (χ2v) is 7.52. The fraction of sp³-hybridized carbons (Fsp3) is 0.429. The van der Waals surface area contributed by atoms with Crippen LogP contribution in [0.1, 0.15) is 12.5 Å². The van der Waals surface area contributed by atoms with Gasteiger partial charge in [0.15, 0.2) is 11.5 Å². The Kier molecular flexibility index (Phi) is 7.40. The second kappa shape index (κ2) is 8.86. The fourth-order valence-corrected chi connectivity index (χ4v) is 2.24. The summed E-state index contributed by atoms with van der Waals surface area (Å²) >= 11 is 0. The van der Waals surface area contributed by atoms with Crippen LogP contribution in [0.15, 0.2) is 18.2 Å². The lowest BCUT2D eigenvalue weighted by Crippen LogP contribution is -2.58. The van der Waals surface area contributed by atoms with Crippen LogP contribution >= 0.6 is 7.60 Å². The summed E-state index contributed by atoms with van der Waals surface area (Å²) in [6.45, 7) is 1.65. The molecule has 0 radical (unpaired) electrons. The number of phenols is 2. The summed E-state index contributed by atoms with van der Waals surface area (Å²) in [7, 11) is -3.67. The Morgan fingerprint density at radius 3 is 2.42 bits per heavy atom. The Hall–Kier alpha value is -2.33. The molecule has 6 N–H and O–H groups in total. The van der Waals surface area contributed by atoms with Crippen LogP contribution in [0.3, 0.4) is 0 Å². The number of carbonyl (C=O) groups excluding carboxylic acids is 1. The zero-order valence-corrected chi connectivity index (χ0v) is 15.0. The average molecular weight is 392 g/mol. The zero-order chi connectivity index (χ0) is 20.0. The second-order valence-electron chi connectivity index (χ2n) is 5.66. The summed E-state index contributed by atoms with van der Waals surface area (Å²) in [5.74, 6) is -2.04. The molecule has 1 aromatic rings. The molecule has 0 aromatic heterocycles. The molecule has 0 fully saturated rings. The topological polar surface area (TPSA) is 175 Å². The van der Waals surface area contributed by atoms with Crippen LogP contribution < -0.4 is 10.9 Å². The molecule has 1 unspecified atom stereocenters. The summed E-state index contributed by atoms with van der Waals surface area (Å²) in [4.78, 5) is 32.0. The standard InChI is InChI=1S/C14H21N2O9P/c1-14(12(19)20,8-9-3-4-10(17)11(18)7-9)16-15-13(21)24-5-6-25-26(2,22)23/h3-4,7,16-18H,5-6,8H2,1-2H3,(H,15,21)(H,19,20)(H,22,23)/t14-/m0/s1. The van der Waals surface area contributed by atoms with Gasteiger partial charge in [0.2, 0.25) is 0 Å². The number of ether oxygens (including phenoxy) is 1. The van der Waals surface area contributed by atoms with Crippen molar-refractivity contribution >= 4 is 19.7 Å². The van der Waals surface area contributed by atoms with Crippen molar-refractivity contribution in [3.8, 4) is 11.5 Å². The van der Waals surface area contributed by atoms with Crippen molar-refractivity contribution in [1.29, 1.82) is 0 Å². The van der Waals surface area contributed by atoms with Gasteiger partial charge in [0.1, 0.15) is 12.1 Å². The van der Waals surface area contributed by atoms with Gasteiger partial charge in [-0.1, -0.05) is 6.07 Å². The molecule has 0 bridgehead atoms. The van der Waals surface area contributed by atoms with Gasteiger partial charge in [-0.25, -0.2) is 10.2 Å². The van der Waals surface area contributed by atoms with E-state index >= 15 is 0 Å². The summed E-state index contributed by atoms with van der Waals surface area (Å²) in [6.07, 6.45) is -1.15. The number of aromatic hydroxyl groups is 2. The quantitative estimate of drug-likeness (QED) is 0.151. The molecule has 0 aliphatic heterocycles. The molecule has 0 saturated carbocycles. The van der Waals surface area contributed by atoms with E-state index in [0.717, 1.165) is 6.66 Å². The molecular weight excluding hydrogens is 371 g/mol. The van der Waals surface area contributed by atoms with Crippen molar-refractivity contribution in [3.63, 3.8) is 0 Å². The zero-order valence-electron chi connectivity index (χ0n) is 14.1. The maximum absolute atomic E-state index is 11.5. The number of carboxylic acids is 1. The van der Waals surface area contributed by atoms with E-state index in [1.165, 1.54) is 25.1 Å². The van der Waals surface area contributed by atoms with Crippen LogP contribution in [0.5, 0.6) is 11.5 Å². The largest absolute Gasteiger partial charge is 0.504 e. The van der Waals surface area contributed by atoms with Gasteiger partial charge in [-0.2, -0.15) is 0 Å². The first kappa shape index (κ1) is 21.7. The number of phenolic OH excluding ortho intramolecular Hbond substituents is 2. The number of amides is 1. The number of hydrazine groups is 1. The molecule has 12 heteroatoms. The minimum Gasteiger partial charge on any atom is -0.504 e. The Labute approximate surface area is 149 Å². The molecule has 0 spiro atoms. The van der Waals surface area contributed by atoms with Crippen LogP contribution in [0.25, 0.3) is 0 Å². The summed E-state index contributed by atoms with van der Waals surface area (Å²) in [5, 5.41) is 28.1. The van der Waals surface area contributed by atoms with Gasteiger partial charge >= 0.3 is 19.7 Å². The van der Waals surface area contributed by atoms with Crippen LogP contribution in [0, 0.1) is 0 Å². The van der Waals surface area contributed by atoms with E-state index in [-0.39, 0.29) is 25.4 Å². The van der Waals surface area contributed by atoms with E-state index in [9.17, 15) is 29.5 Å². The van der Waals surface area contributed by atoms with Crippen molar-refractivity contribution in [3.05, 3.63) is 23.8 Å². The lowest BCUT2D eigenvalue weighted by Gasteiger charge is -2.26. The average Bonchev–Trinajstić information content (AvgIpc) is 2.52. The molecule has 0 aliphatic rings. The number of nitrogens with one attached hydrogen (secondary N) is 2. The van der Waals surface area contributed by atoms with E-state index in [0.29, 0.717) is 5.56 Å². The molecule has 2 atom stereocenters. The number of rotatable bonds is 9. The lowest BCUT2D eigenvalue weighted by atomic mass is 9.93. The smallest absolute Gasteiger partial charge is 0.421 e. The molecular formula is C14H21N2O9P. The first-order valence-electron chi connectivity index (χ1n) is 7.32. The van der Waals surface area contributed by atoms with Crippen molar-refractivity contribution in [2.45, 2.75) is 18.9 Å². The fourth-order valence-electron chi connectivity index (χ4n) is 1.83. The Bertz CT molecular complexity index is 706. The third kappa shape index (κ3) is 7.28. The van der Waals surface area contributed by atoms with Crippen LogP contribution in [0.4, 0.5) is 4.79 Å². The van der Waals surface area contributed by atoms with Gasteiger partial charge in [-0.05, 0) is 24.6 Å². The van der Waals surface area contributed by atoms with Gasteiger partial charge in [0.05, 0.1) is 6.61 Å². The molecule has 11 nitrogen and oxygen atoms in total. The summed E-state index contributed by atoms with van der Waals surface area (Å²) in [5.41, 5.74) is 3.12. The van der Waals surface area contributed by atoms with Crippen molar-refractivity contribution in [1.82, 2.24) is 10.9 Å². The first-order valence-corrected chi connectivity index (χ1v) is 9.34. The maximum Gasteiger partial charge on any atom is 0.421 e. The normalized spacial score (nSPS) is 15.5. The third-order valence-corrected chi connectivity index (χ3v) is 3.82. The predicted molar refractivity (Wildman–Crippen MR) is 88.8 cm³/mol. The highest BCUT2D eigenvalue weighted by Gasteiger charge is 2.34. The van der Waals surface area contributed by atoms with Crippen LogP contribution in [0.2, 0.25) is 0 Å². The first-order chi connectivity index (χ1) is 11.9. The molecule has 1 amide bonds. The summed E-state index contributed by atoms with van der Waals surface area (Å²) in [6, 6.07) is 3.83. The highest BCUT2D eigenvalue weighted by atomic mass is 31.2.